The molecule has 0 unspecified atom stereocenters. The Morgan fingerprint density at radius 1 is 1.17 bits per heavy atom. The average Bonchev–Trinajstić information content (AvgIpc) is 3.10. The Labute approximate surface area is 182 Å². The lowest BCUT2D eigenvalue weighted by atomic mass is 9.74. The maximum Gasteiger partial charge on any atom is 0.124 e. The third-order valence-electron chi connectivity index (χ3n) is 6.97. The monoisotopic (exact) mass is 422 g/mol. The van der Waals surface area contributed by atoms with E-state index < -0.39 is 4.87 Å². The summed E-state index contributed by atoms with van der Waals surface area (Å²) >= 11 is 7.18. The lowest BCUT2D eigenvalue weighted by molar-refractivity contribution is -0.115. The normalized spacial score (nSPS) is 30.2. The number of nitrogens with zero attached hydrogens (tertiary/aromatic N) is 2. The lowest BCUT2D eigenvalue weighted by Gasteiger charge is -2.49. The van der Waals surface area contributed by atoms with Crippen LogP contribution in [-0.2, 0) is 21.0 Å². The number of benzene rings is 2. The van der Waals surface area contributed by atoms with Crippen LogP contribution in [0.3, 0.4) is 0 Å². The zero-order valence-corrected chi connectivity index (χ0v) is 17.8. The zero-order chi connectivity index (χ0) is 20.6. The highest BCUT2D eigenvalue weighted by molar-refractivity contribution is 6.39. The predicted octanol–water partition coefficient (Wildman–Crippen LogP) is 4.72. The molecule has 2 aromatic rings. The molecule has 2 fully saturated rings. The van der Waals surface area contributed by atoms with Gasteiger partial charge in [-0.1, -0.05) is 48.5 Å². The summed E-state index contributed by atoms with van der Waals surface area (Å²) in [5.41, 5.74) is 4.40. The molecule has 30 heavy (non-hydrogen) atoms. The van der Waals surface area contributed by atoms with Crippen molar-refractivity contribution in [3.05, 3.63) is 65.7 Å². The Bertz CT molecular complexity index is 947. The third-order valence-corrected chi connectivity index (χ3v) is 7.56. The fourth-order valence-corrected chi connectivity index (χ4v) is 5.75. The van der Waals surface area contributed by atoms with Crippen molar-refractivity contribution < 1.29 is 9.53 Å². The van der Waals surface area contributed by atoms with Gasteiger partial charge >= 0.3 is 0 Å². The predicted molar refractivity (Wildman–Crippen MR) is 119 cm³/mol. The van der Waals surface area contributed by atoms with Crippen LogP contribution in [0.15, 0.2) is 59.6 Å². The van der Waals surface area contributed by atoms with Gasteiger partial charge in [-0.2, -0.15) is 0 Å². The lowest BCUT2D eigenvalue weighted by Crippen LogP contribution is -2.59. The van der Waals surface area contributed by atoms with E-state index in [0.29, 0.717) is 19.1 Å². The van der Waals surface area contributed by atoms with Crippen molar-refractivity contribution in [3.8, 4) is 0 Å². The van der Waals surface area contributed by atoms with Crippen molar-refractivity contribution in [2.75, 3.05) is 19.7 Å². The highest BCUT2D eigenvalue weighted by atomic mass is 35.5. The van der Waals surface area contributed by atoms with Gasteiger partial charge in [-0.15, -0.1) is 11.6 Å². The number of alkyl halides is 1. The van der Waals surface area contributed by atoms with Crippen LogP contribution < -0.4 is 0 Å². The van der Waals surface area contributed by atoms with Gasteiger partial charge in [0.05, 0.1) is 24.0 Å². The molecule has 5 rings (SSSR count). The van der Waals surface area contributed by atoms with Crippen LogP contribution >= 0.6 is 11.6 Å². The van der Waals surface area contributed by atoms with Crippen LogP contribution in [0.4, 0.5) is 5.69 Å². The molecule has 2 saturated heterocycles. The number of hydrogen-bond acceptors (Lipinski definition) is 4. The van der Waals surface area contributed by atoms with Gasteiger partial charge in [-0.25, -0.2) is 0 Å². The van der Waals surface area contributed by atoms with E-state index in [1.165, 1.54) is 5.56 Å². The van der Waals surface area contributed by atoms with Gasteiger partial charge < -0.3 is 9.53 Å². The van der Waals surface area contributed by atoms with Gasteiger partial charge in [0.25, 0.3) is 0 Å². The second-order valence-electron chi connectivity index (χ2n) is 8.70. The van der Waals surface area contributed by atoms with Crippen LogP contribution in [0, 0.1) is 11.8 Å². The summed E-state index contributed by atoms with van der Waals surface area (Å²) < 4.78 is 5.92. The second-order valence-corrected chi connectivity index (χ2v) is 9.34. The summed E-state index contributed by atoms with van der Waals surface area (Å²) in [7, 11) is 0. The minimum Gasteiger partial charge on any atom is -0.377 e. The van der Waals surface area contributed by atoms with Crippen LogP contribution in [0.25, 0.3) is 0 Å². The summed E-state index contributed by atoms with van der Waals surface area (Å²) in [6.45, 7) is 2.97. The highest BCUT2D eigenvalue weighted by Gasteiger charge is 2.52. The number of hydrogen-bond donors (Lipinski definition) is 0. The van der Waals surface area contributed by atoms with Gasteiger partial charge in [0, 0.05) is 31.2 Å². The molecule has 0 spiro atoms. The minimum atomic E-state index is -0.486. The van der Waals surface area contributed by atoms with E-state index in [1.54, 1.807) is 0 Å². The molecule has 0 aromatic heterocycles. The maximum atomic E-state index is 11.8. The standard InChI is InChI=1S/C25H27ClN2O2/c26-25-11-12-28-15-20(16-29)19(10-13-30-17-18-6-2-1-3-7-18)14-23(28)24(25)27-22-9-5-4-8-21(22)25/h1-9,16,19-20,23H,10-15,17H2/t19-,20+,23-,25+/m0/s1. The molecule has 3 aliphatic rings. The van der Waals surface area contributed by atoms with Gasteiger partial charge in [0.15, 0.2) is 0 Å². The highest BCUT2D eigenvalue weighted by Crippen LogP contribution is 2.51. The van der Waals surface area contributed by atoms with Crippen molar-refractivity contribution in [3.63, 3.8) is 0 Å². The van der Waals surface area contributed by atoms with Gasteiger partial charge in [-0.05, 0) is 36.8 Å². The number of piperidine rings is 2. The number of aldehydes is 1. The summed E-state index contributed by atoms with van der Waals surface area (Å²) in [6, 6.07) is 18.7. The molecule has 0 radical (unpaired) electrons. The van der Waals surface area contributed by atoms with Crippen molar-refractivity contribution in [1.29, 1.82) is 0 Å². The van der Waals surface area contributed by atoms with Crippen molar-refractivity contribution in [2.45, 2.75) is 36.8 Å². The largest absolute Gasteiger partial charge is 0.377 e. The zero-order valence-electron chi connectivity index (χ0n) is 17.0. The van der Waals surface area contributed by atoms with E-state index in [9.17, 15) is 4.79 Å². The summed E-state index contributed by atoms with van der Waals surface area (Å²) in [4.78, 5) is 18.8. The number of para-hydroxylation sites is 1. The average molecular weight is 423 g/mol. The smallest absolute Gasteiger partial charge is 0.124 e. The molecule has 3 heterocycles. The second kappa shape index (κ2) is 8.26. The number of ether oxygens (including phenoxy) is 1. The van der Waals surface area contributed by atoms with E-state index >= 15 is 0 Å². The number of rotatable bonds is 6. The molecule has 3 aliphatic heterocycles. The topological polar surface area (TPSA) is 41.9 Å². The first-order valence-corrected chi connectivity index (χ1v) is 11.3. The maximum absolute atomic E-state index is 11.8. The molecule has 2 aromatic carbocycles. The molecule has 0 N–H and O–H groups in total. The number of aliphatic imine (C=N–C) groups is 1. The Kier molecular flexibility index (Phi) is 5.48. The number of carbonyl (C=O) groups excluding carboxylic acids is 1. The van der Waals surface area contributed by atoms with E-state index in [2.05, 4.69) is 29.2 Å². The van der Waals surface area contributed by atoms with E-state index in [0.717, 1.165) is 55.6 Å². The molecule has 4 nitrogen and oxygen atoms in total. The van der Waals surface area contributed by atoms with E-state index in [1.807, 2.05) is 30.3 Å². The Balaban J connectivity index is 1.28. The number of halogens is 1. The van der Waals surface area contributed by atoms with E-state index in [4.69, 9.17) is 21.3 Å². The molecule has 4 atom stereocenters. The van der Waals surface area contributed by atoms with Gasteiger partial charge in [0.2, 0.25) is 0 Å². The number of fused-ring (bicyclic) bond motifs is 5. The van der Waals surface area contributed by atoms with Crippen LogP contribution in [0.2, 0.25) is 0 Å². The molecule has 0 amide bonds. The SMILES string of the molecule is O=C[C@H]1CN2CC[C@]3(Cl)C(=Nc4ccccc43)[C@@H]2C[C@@H]1CCOCc1ccccc1. The van der Waals surface area contributed by atoms with Crippen molar-refractivity contribution in [1.82, 2.24) is 4.90 Å². The summed E-state index contributed by atoms with van der Waals surface area (Å²) in [5.74, 6) is 0.346. The van der Waals surface area contributed by atoms with Crippen molar-refractivity contribution >= 4 is 29.3 Å². The Morgan fingerprint density at radius 3 is 2.80 bits per heavy atom. The molecule has 5 heteroatoms. The Hall–Kier alpha value is -2.01. The molecule has 0 bridgehead atoms. The van der Waals surface area contributed by atoms with E-state index in [-0.39, 0.29) is 12.0 Å². The summed E-state index contributed by atoms with van der Waals surface area (Å²) in [5, 5.41) is 0. The van der Waals surface area contributed by atoms with Crippen LogP contribution in [-0.4, -0.2) is 42.6 Å². The molecule has 0 saturated carbocycles. The first-order valence-electron chi connectivity index (χ1n) is 10.9. The first kappa shape index (κ1) is 19.9. The van der Waals surface area contributed by atoms with Gasteiger partial charge in [-0.3, -0.25) is 9.89 Å². The van der Waals surface area contributed by atoms with Crippen LogP contribution in [0.1, 0.15) is 30.4 Å². The van der Waals surface area contributed by atoms with Crippen molar-refractivity contribution in [2.24, 2.45) is 16.8 Å². The fourth-order valence-electron chi connectivity index (χ4n) is 5.34. The molecule has 0 aliphatic carbocycles. The third kappa shape index (κ3) is 3.51. The first-order chi connectivity index (χ1) is 14.7. The molecular weight excluding hydrogens is 396 g/mol. The molecular formula is C25H27ClN2O2. The summed E-state index contributed by atoms with van der Waals surface area (Å²) in [6.07, 6.45) is 3.79. The fraction of sp³-hybridized carbons (Fsp3) is 0.440. The Morgan fingerprint density at radius 2 is 1.97 bits per heavy atom. The quantitative estimate of drug-likeness (QED) is 0.384. The molecule has 156 valence electrons. The van der Waals surface area contributed by atoms with Crippen LogP contribution in [0.5, 0.6) is 0 Å². The van der Waals surface area contributed by atoms with Gasteiger partial charge in [0.1, 0.15) is 11.2 Å². The number of carbonyl (C=O) groups is 1. The minimum absolute atomic E-state index is 0.0498.